The molecule has 0 radical (unpaired) electrons. The monoisotopic (exact) mass is 326 g/mol. The highest BCUT2D eigenvalue weighted by molar-refractivity contribution is 6.55. The van der Waals surface area contributed by atoms with Crippen LogP contribution in [-0.4, -0.2) is 0 Å². The molecule has 0 nitrogen and oxygen atoms in total. The van der Waals surface area contributed by atoms with Crippen molar-refractivity contribution in [3.8, 4) is 0 Å². The zero-order chi connectivity index (χ0) is 15.2. The summed E-state index contributed by atoms with van der Waals surface area (Å²) >= 11 is 11.2. The summed E-state index contributed by atoms with van der Waals surface area (Å²) in [5.41, 5.74) is -0.848. The van der Waals surface area contributed by atoms with Gasteiger partial charge in [0.05, 0.1) is 0 Å². The summed E-state index contributed by atoms with van der Waals surface area (Å²) in [5, 5.41) is 0. The molecule has 1 aromatic carbocycles. The summed E-state index contributed by atoms with van der Waals surface area (Å²) in [6.45, 7) is 3.75. The molecular weight excluding hydrogens is 315 g/mol. The zero-order valence-electron chi connectivity index (χ0n) is 10.8. The van der Waals surface area contributed by atoms with E-state index in [4.69, 9.17) is 23.2 Å². The second-order valence-electron chi connectivity index (χ2n) is 5.56. The van der Waals surface area contributed by atoms with Gasteiger partial charge in [-0.05, 0) is 23.7 Å². The molecule has 0 spiro atoms. The number of halogens is 6. The van der Waals surface area contributed by atoms with Crippen molar-refractivity contribution in [2.75, 3.05) is 0 Å². The molecule has 1 aliphatic rings. The second-order valence-corrected chi connectivity index (χ2v) is 6.57. The molecule has 1 aromatic rings. The summed E-state index contributed by atoms with van der Waals surface area (Å²) in [5.74, 6) is -5.73. The second kappa shape index (κ2) is 5.23. The predicted molar refractivity (Wildman–Crippen MR) is 70.5 cm³/mol. The van der Waals surface area contributed by atoms with E-state index in [1.807, 2.05) is 13.8 Å². The Hall–Kier alpha value is -0.740. The average molecular weight is 327 g/mol. The highest BCUT2D eigenvalue weighted by atomic mass is 35.5. The molecule has 110 valence electrons. The van der Waals surface area contributed by atoms with Crippen molar-refractivity contribution in [1.29, 1.82) is 0 Å². The van der Waals surface area contributed by atoms with Gasteiger partial charge in [-0.1, -0.05) is 43.1 Å². The number of rotatable bonds is 3. The molecule has 0 heterocycles. The van der Waals surface area contributed by atoms with E-state index in [9.17, 15) is 17.6 Å². The SMILES string of the molecule is CC1(C)C(C=C(Cl)Cl)C1Cc1c(F)c(F)cc(F)c1F. The van der Waals surface area contributed by atoms with Gasteiger partial charge >= 0.3 is 0 Å². The minimum atomic E-state index is -1.39. The average Bonchev–Trinajstić information content (AvgIpc) is 2.82. The molecule has 0 saturated heterocycles. The maximum Gasteiger partial charge on any atom is 0.165 e. The van der Waals surface area contributed by atoms with E-state index < -0.39 is 28.8 Å². The lowest BCUT2D eigenvalue weighted by Gasteiger charge is -2.07. The van der Waals surface area contributed by atoms with Gasteiger partial charge in [0.2, 0.25) is 0 Å². The van der Waals surface area contributed by atoms with E-state index in [1.54, 1.807) is 6.08 Å². The van der Waals surface area contributed by atoms with Gasteiger partial charge in [-0.25, -0.2) is 17.6 Å². The molecule has 6 heteroatoms. The molecule has 0 amide bonds. The molecule has 20 heavy (non-hydrogen) atoms. The van der Waals surface area contributed by atoms with Gasteiger partial charge in [0.15, 0.2) is 23.3 Å². The fourth-order valence-corrected chi connectivity index (χ4v) is 2.94. The molecular formula is C14H12Cl2F4. The topological polar surface area (TPSA) is 0 Å². The number of benzene rings is 1. The van der Waals surface area contributed by atoms with Crippen molar-refractivity contribution in [1.82, 2.24) is 0 Å². The van der Waals surface area contributed by atoms with Crippen LogP contribution in [-0.2, 0) is 6.42 Å². The Morgan fingerprint density at radius 1 is 1.15 bits per heavy atom. The molecule has 1 fully saturated rings. The summed E-state index contributed by atoms with van der Waals surface area (Å²) in [6, 6.07) is 0.208. The number of hydrogen-bond acceptors (Lipinski definition) is 0. The third kappa shape index (κ3) is 2.68. The predicted octanol–water partition coefficient (Wildman–Crippen LogP) is 5.38. The van der Waals surface area contributed by atoms with Gasteiger partial charge in [0, 0.05) is 11.6 Å². The molecule has 2 unspecified atom stereocenters. The van der Waals surface area contributed by atoms with Gasteiger partial charge in [0.1, 0.15) is 4.49 Å². The van der Waals surface area contributed by atoms with Crippen LogP contribution in [0.3, 0.4) is 0 Å². The highest BCUT2D eigenvalue weighted by Crippen LogP contribution is 2.61. The normalized spacial score (nSPS) is 23.6. The van der Waals surface area contributed by atoms with Gasteiger partial charge in [-0.15, -0.1) is 0 Å². The first-order valence-corrected chi connectivity index (χ1v) is 6.76. The van der Waals surface area contributed by atoms with Gasteiger partial charge in [-0.2, -0.15) is 0 Å². The Bertz CT molecular complexity index is 551. The molecule has 2 atom stereocenters. The van der Waals surface area contributed by atoms with E-state index in [0.717, 1.165) is 0 Å². The zero-order valence-corrected chi connectivity index (χ0v) is 12.3. The maximum absolute atomic E-state index is 13.6. The fraction of sp³-hybridized carbons (Fsp3) is 0.429. The lowest BCUT2D eigenvalue weighted by molar-refractivity contribution is 0.429. The number of allylic oxidation sites excluding steroid dienone is 1. The maximum atomic E-state index is 13.6. The fourth-order valence-electron chi connectivity index (χ4n) is 2.66. The van der Waals surface area contributed by atoms with Crippen molar-refractivity contribution >= 4 is 23.2 Å². The van der Waals surface area contributed by atoms with E-state index >= 15 is 0 Å². The Balaban J connectivity index is 2.31. The minimum Gasteiger partial charge on any atom is -0.204 e. The van der Waals surface area contributed by atoms with Crippen LogP contribution in [0.15, 0.2) is 16.6 Å². The first-order chi connectivity index (χ1) is 9.16. The van der Waals surface area contributed by atoms with Gasteiger partial charge < -0.3 is 0 Å². The highest BCUT2D eigenvalue weighted by Gasteiger charge is 2.56. The van der Waals surface area contributed by atoms with Crippen LogP contribution in [0.2, 0.25) is 0 Å². The van der Waals surface area contributed by atoms with E-state index in [-0.39, 0.29) is 34.2 Å². The van der Waals surface area contributed by atoms with Gasteiger partial charge in [-0.3, -0.25) is 0 Å². The van der Waals surface area contributed by atoms with Crippen LogP contribution in [0.5, 0.6) is 0 Å². The first-order valence-electron chi connectivity index (χ1n) is 6.01. The van der Waals surface area contributed by atoms with Crippen molar-refractivity contribution < 1.29 is 17.6 Å². The van der Waals surface area contributed by atoms with Crippen molar-refractivity contribution in [3.05, 3.63) is 45.5 Å². The van der Waals surface area contributed by atoms with Crippen molar-refractivity contribution in [2.24, 2.45) is 17.3 Å². The molecule has 0 aliphatic heterocycles. The van der Waals surface area contributed by atoms with E-state index in [0.29, 0.717) is 0 Å². The van der Waals surface area contributed by atoms with Gasteiger partial charge in [0.25, 0.3) is 0 Å². The summed E-state index contributed by atoms with van der Waals surface area (Å²) in [7, 11) is 0. The van der Waals surface area contributed by atoms with Crippen molar-refractivity contribution in [2.45, 2.75) is 20.3 Å². The molecule has 2 rings (SSSR count). The lowest BCUT2D eigenvalue weighted by Crippen LogP contribution is -2.05. The van der Waals surface area contributed by atoms with E-state index in [1.165, 1.54) is 0 Å². The third-order valence-corrected chi connectivity index (χ3v) is 4.32. The first kappa shape index (κ1) is 15.6. The van der Waals surface area contributed by atoms with Crippen LogP contribution in [0, 0.1) is 40.5 Å². The molecule has 1 aliphatic carbocycles. The van der Waals surface area contributed by atoms with Crippen LogP contribution < -0.4 is 0 Å². The lowest BCUT2D eigenvalue weighted by atomic mass is 10.0. The quantitative estimate of drug-likeness (QED) is 0.517. The summed E-state index contributed by atoms with van der Waals surface area (Å²) < 4.78 is 53.6. The standard InChI is InChI=1S/C14H12Cl2F4/c1-14(2)7(8(14)4-11(15)16)3-6-12(19)9(17)5-10(18)13(6)20/h4-5,7-8H,3H2,1-2H3. The Labute approximate surface area is 124 Å². The molecule has 0 bridgehead atoms. The van der Waals surface area contributed by atoms with Crippen LogP contribution in [0.25, 0.3) is 0 Å². The molecule has 0 N–H and O–H groups in total. The Morgan fingerprint density at radius 3 is 2.10 bits per heavy atom. The Kier molecular flexibility index (Phi) is 4.09. The smallest absolute Gasteiger partial charge is 0.165 e. The molecule has 1 saturated carbocycles. The van der Waals surface area contributed by atoms with Crippen LogP contribution in [0.1, 0.15) is 19.4 Å². The summed E-state index contributed by atoms with van der Waals surface area (Å²) in [4.78, 5) is 0. The van der Waals surface area contributed by atoms with E-state index in [2.05, 4.69) is 0 Å². The minimum absolute atomic E-state index is 0.0666. The van der Waals surface area contributed by atoms with Crippen molar-refractivity contribution in [3.63, 3.8) is 0 Å². The molecule has 0 aromatic heterocycles. The largest absolute Gasteiger partial charge is 0.204 e. The Morgan fingerprint density at radius 2 is 1.65 bits per heavy atom. The van der Waals surface area contributed by atoms with Crippen LogP contribution in [0.4, 0.5) is 17.6 Å². The summed E-state index contributed by atoms with van der Waals surface area (Å²) in [6.07, 6.45) is 1.47. The van der Waals surface area contributed by atoms with Crippen LogP contribution >= 0.6 is 23.2 Å². The number of hydrogen-bond donors (Lipinski definition) is 0. The third-order valence-electron chi connectivity index (χ3n) is 4.07.